The van der Waals surface area contributed by atoms with Crippen LogP contribution in [0.15, 0.2) is 0 Å². The summed E-state index contributed by atoms with van der Waals surface area (Å²) in [4.78, 5) is 0. The molecule has 2 atom stereocenters. The van der Waals surface area contributed by atoms with E-state index in [4.69, 9.17) is 0 Å². The second-order valence-electron chi connectivity index (χ2n) is 5.25. The highest BCUT2D eigenvalue weighted by atomic mass is 32.2. The van der Waals surface area contributed by atoms with Crippen molar-refractivity contribution in [2.24, 2.45) is 0 Å². The van der Waals surface area contributed by atoms with Crippen LogP contribution < -0.4 is 5.32 Å². The number of hydrogen-bond donors (Lipinski definition) is 1. The van der Waals surface area contributed by atoms with Crippen molar-refractivity contribution in [1.29, 1.82) is 0 Å². The Morgan fingerprint density at radius 1 is 1.41 bits per heavy atom. The normalized spacial score (nSPS) is 25.5. The molecule has 1 aliphatic rings. The zero-order valence-electron chi connectivity index (χ0n) is 10.8. The molecule has 1 N–H and O–H groups in total. The third kappa shape index (κ3) is 5.82. The Labute approximate surface area is 104 Å². The predicted molar refractivity (Wildman–Crippen MR) is 68.7 cm³/mol. The summed E-state index contributed by atoms with van der Waals surface area (Å²) in [6.07, 6.45) is 3.83. The van der Waals surface area contributed by atoms with E-state index in [-0.39, 0.29) is 24.0 Å². The highest BCUT2D eigenvalue weighted by Gasteiger charge is 2.29. The molecule has 1 saturated heterocycles. The molecule has 17 heavy (non-hydrogen) atoms. The number of rotatable bonds is 6. The minimum absolute atomic E-state index is 0.0385. The van der Waals surface area contributed by atoms with E-state index < -0.39 is 15.5 Å². The molecular weight excluding hydrogens is 241 g/mol. The van der Waals surface area contributed by atoms with Gasteiger partial charge >= 0.3 is 0 Å². The average Bonchev–Trinajstić information content (AvgIpc) is 2.28. The number of hydrogen-bond acceptors (Lipinski definition) is 3. The molecule has 1 aliphatic heterocycles. The number of piperidine rings is 1. The maximum Gasteiger partial charge on any atom is 0.150 e. The maximum atomic E-state index is 14.2. The Hall–Kier alpha value is -0.160. The molecular formula is C12H24FNO2S. The van der Waals surface area contributed by atoms with Crippen LogP contribution in [0.1, 0.15) is 46.0 Å². The summed E-state index contributed by atoms with van der Waals surface area (Å²) >= 11 is 0. The van der Waals surface area contributed by atoms with E-state index in [0.29, 0.717) is 6.42 Å². The van der Waals surface area contributed by atoms with E-state index in [2.05, 4.69) is 5.32 Å². The first-order valence-electron chi connectivity index (χ1n) is 6.47. The molecule has 1 rings (SSSR count). The van der Waals surface area contributed by atoms with Crippen LogP contribution >= 0.6 is 0 Å². The molecule has 0 aliphatic carbocycles. The van der Waals surface area contributed by atoms with Gasteiger partial charge in [0.1, 0.15) is 15.5 Å². The summed E-state index contributed by atoms with van der Waals surface area (Å²) in [6, 6.07) is 0.211. The first-order valence-corrected chi connectivity index (χ1v) is 8.29. The van der Waals surface area contributed by atoms with Gasteiger partial charge in [-0.15, -0.1) is 0 Å². The van der Waals surface area contributed by atoms with Gasteiger partial charge in [0.05, 0.1) is 5.75 Å². The largest absolute Gasteiger partial charge is 0.314 e. The van der Waals surface area contributed by atoms with E-state index in [9.17, 15) is 12.8 Å². The van der Waals surface area contributed by atoms with Gasteiger partial charge in [0.2, 0.25) is 0 Å². The topological polar surface area (TPSA) is 46.2 Å². The van der Waals surface area contributed by atoms with Gasteiger partial charge in [-0.05, 0) is 39.2 Å². The third-order valence-electron chi connectivity index (χ3n) is 3.46. The van der Waals surface area contributed by atoms with Gasteiger partial charge in [-0.1, -0.05) is 13.3 Å². The lowest BCUT2D eigenvalue weighted by Gasteiger charge is -2.29. The molecule has 1 heterocycles. The van der Waals surface area contributed by atoms with Crippen molar-refractivity contribution in [3.8, 4) is 0 Å². The van der Waals surface area contributed by atoms with Gasteiger partial charge in [-0.25, -0.2) is 12.8 Å². The van der Waals surface area contributed by atoms with E-state index in [1.165, 1.54) is 6.92 Å². The molecule has 0 aromatic heterocycles. The van der Waals surface area contributed by atoms with Gasteiger partial charge in [-0.2, -0.15) is 0 Å². The van der Waals surface area contributed by atoms with Crippen LogP contribution in [-0.4, -0.2) is 38.2 Å². The fourth-order valence-corrected chi connectivity index (χ4v) is 3.25. The van der Waals surface area contributed by atoms with Crippen LogP contribution in [0, 0.1) is 0 Å². The average molecular weight is 265 g/mol. The third-order valence-corrected chi connectivity index (χ3v) is 5.16. The van der Waals surface area contributed by atoms with E-state index in [1.54, 1.807) is 6.92 Å². The van der Waals surface area contributed by atoms with Crippen LogP contribution in [-0.2, 0) is 9.84 Å². The molecule has 0 aromatic rings. The summed E-state index contributed by atoms with van der Waals surface area (Å²) in [7, 11) is -3.05. The van der Waals surface area contributed by atoms with Crippen molar-refractivity contribution in [2.75, 3.05) is 18.1 Å². The predicted octanol–water partition coefficient (Wildman–Crippen LogP) is 2.07. The Bertz CT molecular complexity index is 321. The first-order chi connectivity index (χ1) is 7.85. The van der Waals surface area contributed by atoms with Crippen molar-refractivity contribution in [3.05, 3.63) is 0 Å². The second kappa shape index (κ2) is 6.14. The van der Waals surface area contributed by atoms with Crippen molar-refractivity contribution in [3.63, 3.8) is 0 Å². The lowest BCUT2D eigenvalue weighted by molar-refractivity contribution is 0.141. The van der Waals surface area contributed by atoms with Gasteiger partial charge in [-0.3, -0.25) is 0 Å². The number of alkyl halides is 1. The molecule has 0 saturated carbocycles. The van der Waals surface area contributed by atoms with Crippen molar-refractivity contribution >= 4 is 9.84 Å². The van der Waals surface area contributed by atoms with Crippen LogP contribution in [0.4, 0.5) is 4.39 Å². The minimum Gasteiger partial charge on any atom is -0.314 e. The molecule has 3 nitrogen and oxygen atoms in total. The van der Waals surface area contributed by atoms with Crippen molar-refractivity contribution in [1.82, 2.24) is 5.32 Å². The Morgan fingerprint density at radius 2 is 2.12 bits per heavy atom. The summed E-state index contributed by atoms with van der Waals surface area (Å²) in [5.41, 5.74) is -1.38. The lowest BCUT2D eigenvalue weighted by Crippen LogP contribution is -2.39. The number of halogens is 1. The van der Waals surface area contributed by atoms with Gasteiger partial charge < -0.3 is 5.32 Å². The zero-order valence-corrected chi connectivity index (χ0v) is 11.7. The van der Waals surface area contributed by atoms with Gasteiger partial charge in [0.25, 0.3) is 0 Å². The van der Waals surface area contributed by atoms with Crippen LogP contribution in [0.3, 0.4) is 0 Å². The quantitative estimate of drug-likeness (QED) is 0.799. The fraction of sp³-hybridized carbons (Fsp3) is 1.00. The van der Waals surface area contributed by atoms with Crippen molar-refractivity contribution < 1.29 is 12.8 Å². The molecule has 0 aromatic carbocycles. The van der Waals surface area contributed by atoms with E-state index in [1.807, 2.05) is 0 Å². The zero-order chi connectivity index (χ0) is 12.9. The molecule has 0 spiro atoms. The standard InChI is InChI=1S/C12H24FNO2S/c1-3-17(15,16)9-7-12(2,13)10-11-6-4-5-8-14-11/h11,14H,3-10H2,1-2H3. The minimum atomic E-state index is -3.05. The number of sulfone groups is 1. The Balaban J connectivity index is 2.39. The Kier molecular flexibility index (Phi) is 5.38. The van der Waals surface area contributed by atoms with Gasteiger partial charge in [0, 0.05) is 11.8 Å². The highest BCUT2D eigenvalue weighted by molar-refractivity contribution is 7.91. The van der Waals surface area contributed by atoms with Crippen LogP contribution in [0.2, 0.25) is 0 Å². The molecule has 0 bridgehead atoms. The fourth-order valence-electron chi connectivity index (χ4n) is 2.23. The monoisotopic (exact) mass is 265 g/mol. The van der Waals surface area contributed by atoms with Gasteiger partial charge in [0.15, 0.2) is 0 Å². The van der Waals surface area contributed by atoms with Crippen molar-refractivity contribution in [2.45, 2.75) is 57.7 Å². The molecule has 0 radical (unpaired) electrons. The second-order valence-corrected chi connectivity index (χ2v) is 7.72. The molecule has 102 valence electrons. The molecule has 2 unspecified atom stereocenters. The van der Waals surface area contributed by atoms with E-state index in [0.717, 1.165) is 25.8 Å². The van der Waals surface area contributed by atoms with E-state index >= 15 is 0 Å². The summed E-state index contributed by atoms with van der Waals surface area (Å²) in [6.45, 7) is 4.08. The molecule has 0 amide bonds. The van der Waals surface area contributed by atoms with Crippen LogP contribution in [0.5, 0.6) is 0 Å². The highest BCUT2D eigenvalue weighted by Crippen LogP contribution is 2.26. The SMILES string of the molecule is CCS(=O)(=O)CCC(C)(F)CC1CCCCN1. The summed E-state index contributed by atoms with van der Waals surface area (Å²) in [5.74, 6) is 0.0635. The first kappa shape index (κ1) is 14.9. The lowest BCUT2D eigenvalue weighted by atomic mass is 9.91. The smallest absolute Gasteiger partial charge is 0.150 e. The molecule has 5 heteroatoms. The maximum absolute atomic E-state index is 14.2. The summed E-state index contributed by atoms with van der Waals surface area (Å²) in [5, 5.41) is 3.30. The molecule has 1 fully saturated rings. The van der Waals surface area contributed by atoms with Crippen LogP contribution in [0.25, 0.3) is 0 Å². The summed E-state index contributed by atoms with van der Waals surface area (Å²) < 4.78 is 36.9. The Morgan fingerprint density at radius 3 is 2.65 bits per heavy atom. The number of nitrogens with one attached hydrogen (secondary N) is 1.